The maximum atomic E-state index is 6.08. The van der Waals surface area contributed by atoms with E-state index in [1.54, 1.807) is 16.0 Å². The molecular formula is C12H15N7S2. The summed E-state index contributed by atoms with van der Waals surface area (Å²) in [6.07, 6.45) is 0. The van der Waals surface area contributed by atoms with Gasteiger partial charge < -0.3 is 5.84 Å². The second kappa shape index (κ2) is 5.49. The summed E-state index contributed by atoms with van der Waals surface area (Å²) in [5.41, 5.74) is 2.92. The third-order valence-corrected chi connectivity index (χ3v) is 4.66. The van der Waals surface area contributed by atoms with Crippen molar-refractivity contribution >= 4 is 23.1 Å². The van der Waals surface area contributed by atoms with Gasteiger partial charge in [-0.2, -0.15) is 5.10 Å². The van der Waals surface area contributed by atoms with Crippen LogP contribution in [0.15, 0.2) is 16.6 Å². The lowest BCUT2D eigenvalue weighted by Gasteiger charge is -2.04. The minimum absolute atomic E-state index is 0.512. The molecule has 0 fully saturated rings. The monoisotopic (exact) mass is 321 g/mol. The molecule has 0 saturated heterocycles. The zero-order valence-electron chi connectivity index (χ0n) is 11.9. The SMILES string of the molecule is Cc1cc(C)n(-c2nnc(SCc3csc(C)n3)n2N)n1. The first kappa shape index (κ1) is 14.1. The molecule has 0 unspecified atom stereocenters. The molecule has 110 valence electrons. The van der Waals surface area contributed by atoms with Crippen molar-refractivity contribution in [3.05, 3.63) is 33.5 Å². The first-order valence-electron chi connectivity index (χ1n) is 6.32. The fourth-order valence-electron chi connectivity index (χ4n) is 1.96. The average molecular weight is 321 g/mol. The van der Waals surface area contributed by atoms with E-state index in [4.69, 9.17) is 5.84 Å². The second-order valence-corrected chi connectivity index (χ2v) is 6.64. The summed E-state index contributed by atoms with van der Waals surface area (Å²) in [6.45, 7) is 5.88. The number of hydrogen-bond acceptors (Lipinski definition) is 7. The van der Waals surface area contributed by atoms with Crippen molar-refractivity contribution in [2.45, 2.75) is 31.7 Å². The number of aromatic nitrogens is 6. The van der Waals surface area contributed by atoms with Gasteiger partial charge in [0.2, 0.25) is 5.16 Å². The molecule has 3 rings (SSSR count). The zero-order chi connectivity index (χ0) is 15.0. The van der Waals surface area contributed by atoms with E-state index >= 15 is 0 Å². The van der Waals surface area contributed by atoms with E-state index in [1.807, 2.05) is 32.2 Å². The van der Waals surface area contributed by atoms with E-state index < -0.39 is 0 Å². The van der Waals surface area contributed by atoms with Crippen molar-refractivity contribution in [1.29, 1.82) is 0 Å². The predicted molar refractivity (Wildman–Crippen MR) is 83.2 cm³/mol. The fraction of sp³-hybridized carbons (Fsp3) is 0.333. The minimum atomic E-state index is 0.512. The quantitative estimate of drug-likeness (QED) is 0.583. The van der Waals surface area contributed by atoms with Crippen molar-refractivity contribution < 1.29 is 0 Å². The predicted octanol–water partition coefficient (Wildman–Crippen LogP) is 1.85. The minimum Gasteiger partial charge on any atom is -0.334 e. The summed E-state index contributed by atoms with van der Waals surface area (Å²) >= 11 is 3.15. The van der Waals surface area contributed by atoms with E-state index in [0.29, 0.717) is 11.1 Å². The molecule has 21 heavy (non-hydrogen) atoms. The van der Waals surface area contributed by atoms with Crippen LogP contribution >= 0.6 is 23.1 Å². The lowest BCUT2D eigenvalue weighted by Crippen LogP contribution is -2.17. The topological polar surface area (TPSA) is 87.4 Å². The molecule has 7 nitrogen and oxygen atoms in total. The van der Waals surface area contributed by atoms with Crippen molar-refractivity contribution in [3.63, 3.8) is 0 Å². The number of nitrogen functional groups attached to an aromatic ring is 1. The highest BCUT2D eigenvalue weighted by Crippen LogP contribution is 2.22. The first-order chi connectivity index (χ1) is 10.0. The van der Waals surface area contributed by atoms with Crippen LogP contribution in [0.3, 0.4) is 0 Å². The van der Waals surface area contributed by atoms with Gasteiger partial charge in [0.05, 0.1) is 16.4 Å². The van der Waals surface area contributed by atoms with Crippen LogP contribution in [0.1, 0.15) is 22.1 Å². The number of hydrogen-bond donors (Lipinski definition) is 1. The summed E-state index contributed by atoms with van der Waals surface area (Å²) in [5, 5.41) is 16.4. The number of thioether (sulfide) groups is 1. The van der Waals surface area contributed by atoms with Crippen molar-refractivity contribution in [1.82, 2.24) is 29.6 Å². The highest BCUT2D eigenvalue weighted by atomic mass is 32.2. The normalized spacial score (nSPS) is 11.2. The van der Waals surface area contributed by atoms with Crippen LogP contribution in [-0.4, -0.2) is 29.6 Å². The van der Waals surface area contributed by atoms with Gasteiger partial charge in [-0.05, 0) is 26.8 Å². The Morgan fingerprint density at radius 2 is 2.10 bits per heavy atom. The smallest absolute Gasteiger partial charge is 0.271 e. The largest absolute Gasteiger partial charge is 0.334 e. The average Bonchev–Trinajstić information content (AvgIpc) is 3.08. The van der Waals surface area contributed by atoms with Crippen molar-refractivity contribution in [3.8, 4) is 5.95 Å². The Morgan fingerprint density at radius 1 is 1.29 bits per heavy atom. The molecule has 9 heteroatoms. The van der Waals surface area contributed by atoms with Crippen LogP contribution < -0.4 is 5.84 Å². The molecule has 0 spiro atoms. The molecule has 3 heterocycles. The maximum absolute atomic E-state index is 6.08. The van der Waals surface area contributed by atoms with Gasteiger partial charge in [-0.3, -0.25) is 0 Å². The van der Waals surface area contributed by atoms with Gasteiger partial charge in [-0.1, -0.05) is 11.8 Å². The van der Waals surface area contributed by atoms with Crippen molar-refractivity contribution in [2.75, 3.05) is 5.84 Å². The second-order valence-electron chi connectivity index (χ2n) is 4.64. The van der Waals surface area contributed by atoms with Gasteiger partial charge in [-0.25, -0.2) is 14.3 Å². The highest BCUT2D eigenvalue weighted by Gasteiger charge is 2.15. The van der Waals surface area contributed by atoms with Crippen LogP contribution in [0, 0.1) is 20.8 Å². The third kappa shape index (κ3) is 2.79. The number of rotatable bonds is 4. The van der Waals surface area contributed by atoms with E-state index in [2.05, 4.69) is 20.3 Å². The molecule has 0 radical (unpaired) electrons. The van der Waals surface area contributed by atoms with E-state index in [1.165, 1.54) is 16.4 Å². The fourth-order valence-corrected chi connectivity index (χ4v) is 3.42. The molecule has 0 amide bonds. The molecular weight excluding hydrogens is 306 g/mol. The summed E-state index contributed by atoms with van der Waals surface area (Å²) in [5.74, 6) is 7.31. The van der Waals surface area contributed by atoms with Crippen LogP contribution in [0.25, 0.3) is 5.95 Å². The molecule has 2 N–H and O–H groups in total. The molecule has 3 aromatic rings. The Bertz CT molecular complexity index is 771. The number of aryl methyl sites for hydroxylation is 3. The van der Waals surface area contributed by atoms with Crippen LogP contribution in [0.5, 0.6) is 0 Å². The number of nitrogens with two attached hydrogens (primary N) is 1. The Balaban J connectivity index is 1.81. The maximum Gasteiger partial charge on any atom is 0.271 e. The summed E-state index contributed by atoms with van der Waals surface area (Å²) in [7, 11) is 0. The molecule has 0 aliphatic carbocycles. The summed E-state index contributed by atoms with van der Waals surface area (Å²) in [6, 6.07) is 1.97. The molecule has 0 aromatic carbocycles. The molecule has 0 aliphatic heterocycles. The standard InChI is InChI=1S/C12H15N7S2/c1-7-4-8(2)19(17-7)11-15-16-12(18(11)13)21-6-10-5-20-9(3)14-10/h4-5H,6,13H2,1-3H3. The molecule has 0 saturated carbocycles. The summed E-state index contributed by atoms with van der Waals surface area (Å²) < 4.78 is 3.16. The third-order valence-electron chi connectivity index (χ3n) is 2.86. The Labute approximate surface area is 130 Å². The van der Waals surface area contributed by atoms with Crippen LogP contribution in [0.4, 0.5) is 0 Å². The van der Waals surface area contributed by atoms with Crippen LogP contribution in [-0.2, 0) is 5.75 Å². The lowest BCUT2D eigenvalue weighted by atomic mass is 10.4. The Morgan fingerprint density at radius 3 is 2.71 bits per heavy atom. The van der Waals surface area contributed by atoms with Gasteiger partial charge in [0.1, 0.15) is 0 Å². The molecule has 0 atom stereocenters. The van der Waals surface area contributed by atoms with Gasteiger partial charge in [-0.15, -0.1) is 21.5 Å². The Kier molecular flexibility index (Phi) is 3.68. The molecule has 0 bridgehead atoms. The van der Waals surface area contributed by atoms with Gasteiger partial charge in [0.25, 0.3) is 5.95 Å². The highest BCUT2D eigenvalue weighted by molar-refractivity contribution is 7.98. The van der Waals surface area contributed by atoms with E-state index in [9.17, 15) is 0 Å². The zero-order valence-corrected chi connectivity index (χ0v) is 13.6. The molecule has 0 aliphatic rings. The van der Waals surface area contributed by atoms with E-state index in [-0.39, 0.29) is 0 Å². The first-order valence-corrected chi connectivity index (χ1v) is 8.19. The molecule has 3 aromatic heterocycles. The van der Waals surface area contributed by atoms with Gasteiger partial charge in [0, 0.05) is 16.8 Å². The Hall–Kier alpha value is -1.87. The lowest BCUT2D eigenvalue weighted by molar-refractivity contribution is 0.727. The number of nitrogens with zero attached hydrogens (tertiary/aromatic N) is 6. The van der Waals surface area contributed by atoms with E-state index in [0.717, 1.165) is 27.8 Å². The van der Waals surface area contributed by atoms with Gasteiger partial charge >= 0.3 is 0 Å². The van der Waals surface area contributed by atoms with Crippen molar-refractivity contribution in [2.24, 2.45) is 0 Å². The van der Waals surface area contributed by atoms with Gasteiger partial charge in [0.15, 0.2) is 0 Å². The van der Waals surface area contributed by atoms with Crippen LogP contribution in [0.2, 0.25) is 0 Å². The summed E-state index contributed by atoms with van der Waals surface area (Å²) in [4.78, 5) is 4.42. The number of thiazole rings is 1.